The van der Waals surface area contributed by atoms with E-state index < -0.39 is 11.6 Å². The molecule has 6 rings (SSSR count). The monoisotopic (exact) mass is 518 g/mol. The Morgan fingerprint density at radius 3 is 2.42 bits per heavy atom. The zero-order valence-electron chi connectivity index (χ0n) is 20.9. The van der Waals surface area contributed by atoms with Crippen molar-refractivity contribution >= 4 is 23.2 Å². The minimum atomic E-state index is -0.734. The largest absolute Gasteiger partial charge is 0.375 e. The van der Waals surface area contributed by atoms with Gasteiger partial charge in [-0.05, 0) is 74.6 Å². The number of amides is 2. The van der Waals surface area contributed by atoms with E-state index in [9.17, 15) is 18.4 Å². The van der Waals surface area contributed by atoms with Gasteiger partial charge in [0.25, 0.3) is 11.8 Å². The van der Waals surface area contributed by atoms with Crippen molar-refractivity contribution in [1.82, 2.24) is 15.2 Å². The molecule has 2 saturated heterocycles. The highest BCUT2D eigenvalue weighted by atomic mass is 19.1. The van der Waals surface area contributed by atoms with Crippen molar-refractivity contribution < 1.29 is 23.1 Å². The van der Waals surface area contributed by atoms with Gasteiger partial charge in [0.2, 0.25) is 0 Å². The van der Waals surface area contributed by atoms with Crippen LogP contribution in [-0.4, -0.2) is 47.0 Å². The molecule has 4 heterocycles. The Balaban J connectivity index is 1.21. The van der Waals surface area contributed by atoms with Crippen LogP contribution < -0.4 is 10.6 Å². The zero-order valence-corrected chi connectivity index (χ0v) is 20.9. The molecule has 0 unspecified atom stereocenters. The maximum Gasteiger partial charge on any atom is 0.255 e. The van der Waals surface area contributed by atoms with E-state index in [0.717, 1.165) is 32.3 Å². The van der Waals surface area contributed by atoms with Gasteiger partial charge in [0.05, 0.1) is 40.3 Å². The number of rotatable bonds is 4. The first-order valence-electron chi connectivity index (χ1n) is 13.0. The number of benzene rings is 2. The summed E-state index contributed by atoms with van der Waals surface area (Å²) < 4.78 is 35.0. The smallest absolute Gasteiger partial charge is 0.255 e. The molecule has 3 aliphatic rings. The second kappa shape index (κ2) is 9.79. The Morgan fingerprint density at radius 2 is 1.74 bits per heavy atom. The summed E-state index contributed by atoms with van der Waals surface area (Å²) in [4.78, 5) is 31.9. The maximum absolute atomic E-state index is 14.5. The van der Waals surface area contributed by atoms with E-state index in [-0.39, 0.29) is 35.2 Å². The van der Waals surface area contributed by atoms with E-state index in [1.165, 1.54) is 30.7 Å². The summed E-state index contributed by atoms with van der Waals surface area (Å²) >= 11 is 0. The molecule has 196 valence electrons. The van der Waals surface area contributed by atoms with E-state index in [1.807, 2.05) is 4.90 Å². The molecule has 1 aromatic heterocycles. The van der Waals surface area contributed by atoms with Crippen LogP contribution in [0.3, 0.4) is 0 Å². The molecule has 2 N–H and O–H groups in total. The molecule has 1 spiro atoms. The van der Waals surface area contributed by atoms with Crippen LogP contribution in [0.2, 0.25) is 0 Å². The van der Waals surface area contributed by atoms with Crippen LogP contribution >= 0.6 is 0 Å². The van der Waals surface area contributed by atoms with E-state index in [4.69, 9.17) is 4.74 Å². The summed E-state index contributed by atoms with van der Waals surface area (Å²) in [5.41, 5.74) is 2.11. The van der Waals surface area contributed by atoms with Gasteiger partial charge in [-0.15, -0.1) is 0 Å². The first-order chi connectivity index (χ1) is 18.4. The van der Waals surface area contributed by atoms with Crippen LogP contribution in [0.25, 0.3) is 11.3 Å². The first-order valence-corrected chi connectivity index (χ1v) is 13.0. The van der Waals surface area contributed by atoms with Crippen molar-refractivity contribution in [2.24, 2.45) is 0 Å². The number of carbonyl (C=O) groups excluding carboxylic acids is 2. The van der Waals surface area contributed by atoms with Crippen molar-refractivity contribution in [3.63, 3.8) is 0 Å². The number of pyridine rings is 1. The van der Waals surface area contributed by atoms with Crippen molar-refractivity contribution in [2.75, 3.05) is 25.0 Å². The number of halogens is 2. The number of aromatic nitrogens is 1. The van der Waals surface area contributed by atoms with Crippen LogP contribution in [-0.2, 0) is 11.3 Å². The standard InChI is InChI=1S/C29H28F2N4O3/c30-20-4-3-5-21(31)25(20)22-16-23(26-24(34-22)17-32-27(26)36)33-19-8-6-18(7-9-19)28(37)35-13-11-29(12-14-35)10-1-2-15-38-29/h3-9,16H,1-2,10-15,17H2,(H,32,36)(H,33,34). The van der Waals surface area contributed by atoms with E-state index in [0.29, 0.717) is 41.3 Å². The fraction of sp³-hybridized carbons (Fsp3) is 0.345. The van der Waals surface area contributed by atoms with Gasteiger partial charge in [0.1, 0.15) is 11.6 Å². The number of fused-ring (bicyclic) bond motifs is 1. The number of nitrogens with one attached hydrogen (secondary N) is 2. The van der Waals surface area contributed by atoms with Crippen LogP contribution in [0.4, 0.5) is 20.2 Å². The Labute approximate surface area is 219 Å². The Hall–Kier alpha value is -3.85. The van der Waals surface area contributed by atoms with E-state index >= 15 is 0 Å². The Kier molecular flexibility index (Phi) is 6.31. The summed E-state index contributed by atoms with van der Waals surface area (Å²) in [6.45, 7) is 2.32. The normalized spacial score (nSPS) is 18.3. The summed E-state index contributed by atoms with van der Waals surface area (Å²) in [5.74, 6) is -1.81. The maximum atomic E-state index is 14.5. The minimum absolute atomic E-state index is 0.0243. The predicted octanol–water partition coefficient (Wildman–Crippen LogP) is 5.19. The lowest BCUT2D eigenvalue weighted by atomic mass is 9.84. The number of anilines is 2. The average molecular weight is 519 g/mol. The van der Waals surface area contributed by atoms with Gasteiger partial charge in [-0.3, -0.25) is 9.59 Å². The highest BCUT2D eigenvalue weighted by Gasteiger charge is 2.38. The number of likely N-dealkylation sites (tertiary alicyclic amines) is 1. The van der Waals surface area contributed by atoms with E-state index in [2.05, 4.69) is 15.6 Å². The number of carbonyl (C=O) groups is 2. The van der Waals surface area contributed by atoms with Crippen molar-refractivity contribution in [3.8, 4) is 11.3 Å². The average Bonchev–Trinajstić information content (AvgIpc) is 3.30. The number of hydrogen-bond donors (Lipinski definition) is 2. The fourth-order valence-electron chi connectivity index (χ4n) is 5.66. The third-order valence-electron chi connectivity index (χ3n) is 7.76. The van der Waals surface area contributed by atoms with Gasteiger partial charge < -0.3 is 20.3 Å². The molecule has 0 saturated carbocycles. The second-order valence-electron chi connectivity index (χ2n) is 10.1. The molecule has 0 atom stereocenters. The second-order valence-corrected chi connectivity index (χ2v) is 10.1. The van der Waals surface area contributed by atoms with Gasteiger partial charge in [-0.1, -0.05) is 6.07 Å². The number of piperidine rings is 1. The number of hydrogen-bond acceptors (Lipinski definition) is 5. The molecule has 2 aromatic carbocycles. The molecular formula is C29H28F2N4O3. The Bertz CT molecular complexity index is 1370. The third kappa shape index (κ3) is 4.51. The van der Waals surface area contributed by atoms with Gasteiger partial charge in [0.15, 0.2) is 0 Å². The summed E-state index contributed by atoms with van der Waals surface area (Å²) in [6.07, 6.45) is 5.08. The lowest BCUT2D eigenvalue weighted by Crippen LogP contribution is -2.49. The fourth-order valence-corrected chi connectivity index (χ4v) is 5.66. The topological polar surface area (TPSA) is 83.6 Å². The number of nitrogens with zero attached hydrogens (tertiary/aromatic N) is 2. The SMILES string of the molecule is O=C1NCc2nc(-c3c(F)cccc3F)cc(Nc3ccc(C(=O)N4CCC5(CCCCO5)CC4)cc3)c21. The lowest BCUT2D eigenvalue weighted by molar-refractivity contribution is -0.107. The van der Waals surface area contributed by atoms with E-state index in [1.54, 1.807) is 24.3 Å². The Morgan fingerprint density at radius 1 is 1.00 bits per heavy atom. The zero-order chi connectivity index (χ0) is 26.3. The molecular weight excluding hydrogens is 490 g/mol. The first kappa shape index (κ1) is 24.5. The lowest BCUT2D eigenvalue weighted by Gasteiger charge is -2.44. The minimum Gasteiger partial charge on any atom is -0.375 e. The van der Waals surface area contributed by atoms with Gasteiger partial charge in [0, 0.05) is 30.9 Å². The van der Waals surface area contributed by atoms with Crippen LogP contribution in [0.1, 0.15) is 58.5 Å². The van der Waals surface area contributed by atoms with Crippen molar-refractivity contribution in [2.45, 2.75) is 44.2 Å². The highest BCUT2D eigenvalue weighted by molar-refractivity contribution is 6.04. The molecule has 9 heteroatoms. The predicted molar refractivity (Wildman–Crippen MR) is 138 cm³/mol. The number of ether oxygens (including phenoxy) is 1. The third-order valence-corrected chi connectivity index (χ3v) is 7.76. The van der Waals surface area contributed by atoms with Crippen molar-refractivity contribution in [3.05, 3.63) is 77.0 Å². The summed E-state index contributed by atoms with van der Waals surface area (Å²) in [5, 5.41) is 5.89. The van der Waals surface area contributed by atoms with Crippen LogP contribution in [0.15, 0.2) is 48.5 Å². The molecule has 3 aromatic rings. The molecule has 38 heavy (non-hydrogen) atoms. The van der Waals surface area contributed by atoms with Gasteiger partial charge >= 0.3 is 0 Å². The molecule has 0 bridgehead atoms. The summed E-state index contributed by atoms with van der Waals surface area (Å²) in [7, 11) is 0. The molecule has 7 nitrogen and oxygen atoms in total. The molecule has 0 aliphatic carbocycles. The van der Waals surface area contributed by atoms with Gasteiger partial charge in [-0.2, -0.15) is 0 Å². The summed E-state index contributed by atoms with van der Waals surface area (Å²) in [6, 6.07) is 12.1. The van der Waals surface area contributed by atoms with Crippen LogP contribution in [0.5, 0.6) is 0 Å². The molecule has 2 amide bonds. The van der Waals surface area contributed by atoms with Crippen LogP contribution in [0, 0.1) is 11.6 Å². The highest BCUT2D eigenvalue weighted by Crippen LogP contribution is 2.36. The molecule has 0 radical (unpaired) electrons. The van der Waals surface area contributed by atoms with Gasteiger partial charge in [-0.25, -0.2) is 13.8 Å². The molecule has 2 fully saturated rings. The quantitative estimate of drug-likeness (QED) is 0.497. The van der Waals surface area contributed by atoms with Crippen molar-refractivity contribution in [1.29, 1.82) is 0 Å². The molecule has 3 aliphatic heterocycles.